The van der Waals surface area contributed by atoms with E-state index in [4.69, 9.17) is 0 Å². The summed E-state index contributed by atoms with van der Waals surface area (Å²) in [5.74, 6) is 0. The van der Waals surface area contributed by atoms with Crippen LogP contribution in [0, 0.1) is 0 Å². The van der Waals surface area contributed by atoms with Gasteiger partial charge in [0.05, 0.1) is 6.10 Å². The standard InChI is InChI=1S/C4H7F2IO/c1-3(2-7)8-4(5)6/h3-4H,2H2,1H3. The first-order chi connectivity index (χ1) is 3.66. The van der Waals surface area contributed by atoms with E-state index < -0.39 is 6.61 Å². The minimum Gasteiger partial charge on any atom is -0.319 e. The fourth-order valence-electron chi connectivity index (χ4n) is 0.212. The van der Waals surface area contributed by atoms with Gasteiger partial charge in [-0.3, -0.25) is 0 Å². The molecule has 0 N–H and O–H groups in total. The van der Waals surface area contributed by atoms with Gasteiger partial charge < -0.3 is 4.74 Å². The highest BCUT2D eigenvalue weighted by Crippen LogP contribution is 2.02. The van der Waals surface area contributed by atoms with Crippen molar-refractivity contribution in [2.24, 2.45) is 0 Å². The first-order valence-electron chi connectivity index (χ1n) is 2.16. The van der Waals surface area contributed by atoms with E-state index in [1.165, 1.54) is 0 Å². The van der Waals surface area contributed by atoms with Crippen LogP contribution in [0.3, 0.4) is 0 Å². The fourth-order valence-corrected chi connectivity index (χ4v) is 0.420. The van der Waals surface area contributed by atoms with Crippen LogP contribution < -0.4 is 0 Å². The molecule has 0 saturated heterocycles. The molecule has 0 fully saturated rings. The molecule has 1 atom stereocenters. The van der Waals surface area contributed by atoms with E-state index in [1.807, 2.05) is 22.6 Å². The Balaban J connectivity index is 3.10. The smallest absolute Gasteiger partial charge is 0.319 e. The minimum atomic E-state index is -2.63. The van der Waals surface area contributed by atoms with Gasteiger partial charge in [0.15, 0.2) is 0 Å². The summed E-state index contributed by atoms with van der Waals surface area (Å²) in [6.45, 7) is -1.02. The molecule has 0 aromatic carbocycles. The molecule has 8 heavy (non-hydrogen) atoms. The molecule has 0 radical (unpaired) electrons. The van der Waals surface area contributed by atoms with Crippen molar-refractivity contribution >= 4 is 22.6 Å². The van der Waals surface area contributed by atoms with Crippen molar-refractivity contribution in [1.29, 1.82) is 0 Å². The van der Waals surface area contributed by atoms with Gasteiger partial charge in [0, 0.05) is 4.43 Å². The third-order valence-electron chi connectivity index (χ3n) is 0.552. The third kappa shape index (κ3) is 4.70. The zero-order chi connectivity index (χ0) is 6.57. The SMILES string of the molecule is CC(CI)OC(F)F. The number of hydrogen-bond acceptors (Lipinski definition) is 1. The van der Waals surface area contributed by atoms with Crippen molar-refractivity contribution in [3.05, 3.63) is 0 Å². The predicted octanol–water partition coefficient (Wildman–Crippen LogP) is 2.05. The van der Waals surface area contributed by atoms with Gasteiger partial charge >= 0.3 is 6.61 Å². The molecule has 0 rings (SSSR count). The lowest BCUT2D eigenvalue weighted by Crippen LogP contribution is -2.12. The Kier molecular flexibility index (Phi) is 4.74. The predicted molar refractivity (Wildman–Crippen MR) is 35.4 cm³/mol. The summed E-state index contributed by atoms with van der Waals surface area (Å²) in [5, 5.41) is 0. The molecule has 0 aliphatic rings. The summed E-state index contributed by atoms with van der Waals surface area (Å²) < 4.78 is 27.2. The summed E-state index contributed by atoms with van der Waals surface area (Å²) in [6.07, 6.45) is -0.337. The molecule has 0 aliphatic carbocycles. The lowest BCUT2D eigenvalue weighted by atomic mass is 10.5. The first kappa shape index (κ1) is 8.55. The zero-order valence-corrected chi connectivity index (χ0v) is 6.56. The molecule has 0 heterocycles. The Morgan fingerprint density at radius 1 is 1.62 bits per heavy atom. The average molecular weight is 236 g/mol. The van der Waals surface area contributed by atoms with Crippen molar-refractivity contribution in [3.63, 3.8) is 0 Å². The first-order valence-corrected chi connectivity index (χ1v) is 3.69. The van der Waals surface area contributed by atoms with Crippen molar-refractivity contribution in [3.8, 4) is 0 Å². The Morgan fingerprint density at radius 3 is 2.25 bits per heavy atom. The quantitative estimate of drug-likeness (QED) is 0.538. The maximum atomic E-state index is 11.2. The van der Waals surface area contributed by atoms with Crippen molar-refractivity contribution in [2.45, 2.75) is 19.6 Å². The summed E-state index contributed by atoms with van der Waals surface area (Å²) in [6, 6.07) is 0. The topological polar surface area (TPSA) is 9.23 Å². The Bertz CT molecular complexity index is 60.0. The summed E-state index contributed by atoms with van der Waals surface area (Å²) in [5.41, 5.74) is 0. The van der Waals surface area contributed by atoms with Crippen LogP contribution in [0.25, 0.3) is 0 Å². The van der Waals surface area contributed by atoms with E-state index in [2.05, 4.69) is 4.74 Å². The molecule has 1 unspecified atom stereocenters. The van der Waals surface area contributed by atoms with E-state index >= 15 is 0 Å². The molecule has 0 aromatic rings. The van der Waals surface area contributed by atoms with Gasteiger partial charge in [0.1, 0.15) is 0 Å². The van der Waals surface area contributed by atoms with E-state index in [-0.39, 0.29) is 6.10 Å². The second-order valence-electron chi connectivity index (χ2n) is 1.36. The van der Waals surface area contributed by atoms with E-state index in [0.717, 1.165) is 0 Å². The zero-order valence-electron chi connectivity index (χ0n) is 4.40. The van der Waals surface area contributed by atoms with Crippen LogP contribution in [0.2, 0.25) is 0 Å². The van der Waals surface area contributed by atoms with Gasteiger partial charge in [-0.2, -0.15) is 8.78 Å². The van der Waals surface area contributed by atoms with Gasteiger partial charge in [-0.1, -0.05) is 22.6 Å². The monoisotopic (exact) mass is 236 g/mol. The van der Waals surface area contributed by atoms with Crippen LogP contribution in [-0.2, 0) is 4.74 Å². The molecular weight excluding hydrogens is 229 g/mol. The number of ether oxygens (including phenoxy) is 1. The lowest BCUT2D eigenvalue weighted by Gasteiger charge is -2.06. The van der Waals surface area contributed by atoms with Crippen molar-refractivity contribution in [2.75, 3.05) is 4.43 Å². The summed E-state index contributed by atoms with van der Waals surface area (Å²) >= 11 is 1.99. The second-order valence-corrected chi connectivity index (χ2v) is 2.24. The number of alkyl halides is 3. The second kappa shape index (κ2) is 4.43. The highest BCUT2D eigenvalue weighted by atomic mass is 127. The van der Waals surface area contributed by atoms with E-state index in [1.54, 1.807) is 6.92 Å². The highest BCUT2D eigenvalue weighted by Gasteiger charge is 2.06. The highest BCUT2D eigenvalue weighted by molar-refractivity contribution is 14.1. The molecule has 0 amide bonds. The van der Waals surface area contributed by atoms with Gasteiger partial charge in [-0.05, 0) is 6.92 Å². The van der Waals surface area contributed by atoms with Crippen LogP contribution >= 0.6 is 22.6 Å². The Hall–Kier alpha value is 0.550. The molecule has 1 nitrogen and oxygen atoms in total. The summed E-state index contributed by atoms with van der Waals surface area (Å²) in [4.78, 5) is 0. The van der Waals surface area contributed by atoms with Crippen LogP contribution in [0.15, 0.2) is 0 Å². The van der Waals surface area contributed by atoms with E-state index in [9.17, 15) is 8.78 Å². The molecular formula is C4H7F2IO. The lowest BCUT2D eigenvalue weighted by molar-refractivity contribution is -0.150. The Labute approximate surface area is 60.5 Å². The molecule has 4 heteroatoms. The van der Waals surface area contributed by atoms with Gasteiger partial charge in [0.25, 0.3) is 0 Å². The van der Waals surface area contributed by atoms with E-state index in [0.29, 0.717) is 4.43 Å². The molecule has 50 valence electrons. The van der Waals surface area contributed by atoms with Crippen LogP contribution in [-0.4, -0.2) is 17.1 Å². The molecule has 0 saturated carbocycles. The van der Waals surface area contributed by atoms with Crippen LogP contribution in [0.4, 0.5) is 8.78 Å². The fraction of sp³-hybridized carbons (Fsp3) is 1.00. The number of rotatable bonds is 3. The number of hydrogen-bond donors (Lipinski definition) is 0. The minimum absolute atomic E-state index is 0.337. The molecule has 0 bridgehead atoms. The Morgan fingerprint density at radius 2 is 2.12 bits per heavy atom. The van der Waals surface area contributed by atoms with Gasteiger partial charge in [0.2, 0.25) is 0 Å². The molecule has 0 aromatic heterocycles. The maximum Gasteiger partial charge on any atom is 0.345 e. The van der Waals surface area contributed by atoms with Crippen LogP contribution in [0.1, 0.15) is 6.92 Å². The van der Waals surface area contributed by atoms with Crippen molar-refractivity contribution in [1.82, 2.24) is 0 Å². The molecule has 0 spiro atoms. The largest absolute Gasteiger partial charge is 0.345 e. The molecule has 0 aliphatic heterocycles. The average Bonchev–Trinajstić information content (AvgIpc) is 1.65. The number of halogens is 3. The third-order valence-corrected chi connectivity index (χ3v) is 1.79. The maximum absolute atomic E-state index is 11.2. The van der Waals surface area contributed by atoms with Gasteiger partial charge in [-0.15, -0.1) is 0 Å². The van der Waals surface area contributed by atoms with Crippen molar-refractivity contribution < 1.29 is 13.5 Å². The summed E-state index contributed by atoms with van der Waals surface area (Å²) in [7, 11) is 0. The van der Waals surface area contributed by atoms with Gasteiger partial charge in [-0.25, -0.2) is 0 Å². The van der Waals surface area contributed by atoms with Crippen LogP contribution in [0.5, 0.6) is 0 Å². The normalized spacial score (nSPS) is 14.6.